The van der Waals surface area contributed by atoms with Crippen molar-refractivity contribution in [2.75, 3.05) is 13.1 Å². The van der Waals surface area contributed by atoms with E-state index in [0.29, 0.717) is 23.9 Å². The number of carbonyl (C=O) groups excluding carboxylic acids is 1. The molecule has 3 rings (SSSR count). The summed E-state index contributed by atoms with van der Waals surface area (Å²) in [5.74, 6) is 0.656. The van der Waals surface area contributed by atoms with Crippen LogP contribution < -0.4 is 0 Å². The molecular weight excluding hydrogens is 346 g/mol. The summed E-state index contributed by atoms with van der Waals surface area (Å²) in [5.41, 5.74) is 2.53. The molecule has 132 valence electrons. The van der Waals surface area contributed by atoms with Crippen LogP contribution in [0.15, 0.2) is 73.8 Å². The zero-order valence-corrected chi connectivity index (χ0v) is 15.2. The molecule has 0 radical (unpaired) electrons. The van der Waals surface area contributed by atoms with Gasteiger partial charge < -0.3 is 9.47 Å². The Hall–Kier alpha value is -2.85. The van der Waals surface area contributed by atoms with Gasteiger partial charge in [0.1, 0.15) is 12.4 Å². The first-order chi connectivity index (χ1) is 12.7. The van der Waals surface area contributed by atoms with Crippen molar-refractivity contribution in [3.05, 3.63) is 78.9 Å². The van der Waals surface area contributed by atoms with Crippen molar-refractivity contribution in [2.45, 2.75) is 6.54 Å². The molecule has 0 saturated carbocycles. The molecule has 0 aliphatic carbocycles. The topological polar surface area (TPSA) is 38.1 Å². The number of nitrogens with zero attached hydrogens (tertiary/aromatic N) is 3. The minimum atomic E-state index is -0.0266. The van der Waals surface area contributed by atoms with E-state index in [1.807, 2.05) is 53.1 Å². The molecule has 1 heterocycles. The van der Waals surface area contributed by atoms with Crippen LogP contribution in [0.25, 0.3) is 22.4 Å². The number of fused-ring (bicyclic) bond motifs is 1. The lowest BCUT2D eigenvalue weighted by molar-refractivity contribution is -0.130. The van der Waals surface area contributed by atoms with Crippen molar-refractivity contribution in [3.63, 3.8) is 0 Å². The van der Waals surface area contributed by atoms with E-state index in [1.54, 1.807) is 17.1 Å². The molecule has 0 spiro atoms. The van der Waals surface area contributed by atoms with Crippen LogP contribution in [-0.2, 0) is 11.3 Å². The van der Waals surface area contributed by atoms with Gasteiger partial charge in [-0.1, -0.05) is 48.0 Å². The van der Waals surface area contributed by atoms with Gasteiger partial charge >= 0.3 is 0 Å². The number of imidazole rings is 1. The van der Waals surface area contributed by atoms with E-state index in [9.17, 15) is 4.79 Å². The monoisotopic (exact) mass is 365 g/mol. The molecule has 0 saturated heterocycles. The molecule has 0 aliphatic heterocycles. The molecule has 0 bridgehead atoms. The standard InChI is InChI=1S/C21H20ClN3O/c1-3-13-24(14-4-2)20(26)15-25-19-12-8-7-11-18(19)23-21(25)16-9-5-6-10-17(16)22/h3-12H,1-2,13-15H2. The first-order valence-electron chi connectivity index (χ1n) is 8.35. The van der Waals surface area contributed by atoms with Gasteiger partial charge in [0.2, 0.25) is 5.91 Å². The molecule has 0 aliphatic rings. The normalized spacial score (nSPS) is 10.7. The van der Waals surface area contributed by atoms with Crippen molar-refractivity contribution in [3.8, 4) is 11.4 Å². The second-order valence-electron chi connectivity index (χ2n) is 5.87. The molecule has 3 aromatic rings. The quantitative estimate of drug-likeness (QED) is 0.576. The summed E-state index contributed by atoms with van der Waals surface area (Å²) in [5, 5.41) is 0.602. The maximum Gasteiger partial charge on any atom is 0.243 e. The lowest BCUT2D eigenvalue weighted by atomic mass is 10.2. The van der Waals surface area contributed by atoms with Crippen molar-refractivity contribution >= 4 is 28.5 Å². The van der Waals surface area contributed by atoms with Gasteiger partial charge in [-0.05, 0) is 24.3 Å². The van der Waals surface area contributed by atoms with Crippen LogP contribution in [0, 0.1) is 0 Å². The van der Waals surface area contributed by atoms with Gasteiger partial charge in [0, 0.05) is 18.7 Å². The lowest BCUT2D eigenvalue weighted by Gasteiger charge is -2.20. The Morgan fingerprint density at radius 2 is 1.73 bits per heavy atom. The van der Waals surface area contributed by atoms with E-state index in [0.717, 1.165) is 16.6 Å². The van der Waals surface area contributed by atoms with Crippen molar-refractivity contribution in [2.24, 2.45) is 0 Å². The molecule has 1 aromatic heterocycles. The number of aromatic nitrogens is 2. The van der Waals surface area contributed by atoms with Crippen LogP contribution in [0.3, 0.4) is 0 Å². The molecule has 2 aromatic carbocycles. The molecule has 26 heavy (non-hydrogen) atoms. The lowest BCUT2D eigenvalue weighted by Crippen LogP contribution is -2.34. The Kier molecular flexibility index (Phi) is 5.54. The van der Waals surface area contributed by atoms with Crippen molar-refractivity contribution in [1.29, 1.82) is 0 Å². The van der Waals surface area contributed by atoms with Crippen LogP contribution >= 0.6 is 11.6 Å². The third-order valence-electron chi connectivity index (χ3n) is 4.11. The summed E-state index contributed by atoms with van der Waals surface area (Å²) in [6.45, 7) is 8.56. The van der Waals surface area contributed by atoms with E-state index in [4.69, 9.17) is 16.6 Å². The van der Waals surface area contributed by atoms with Crippen LogP contribution in [0.2, 0.25) is 5.02 Å². The van der Waals surface area contributed by atoms with E-state index < -0.39 is 0 Å². The van der Waals surface area contributed by atoms with Gasteiger partial charge in [-0.2, -0.15) is 0 Å². The number of carbonyl (C=O) groups is 1. The summed E-state index contributed by atoms with van der Waals surface area (Å²) in [4.78, 5) is 19.3. The summed E-state index contributed by atoms with van der Waals surface area (Å²) >= 11 is 6.38. The summed E-state index contributed by atoms with van der Waals surface area (Å²) in [6.07, 6.45) is 3.42. The molecular formula is C21H20ClN3O. The Morgan fingerprint density at radius 1 is 1.08 bits per heavy atom. The van der Waals surface area contributed by atoms with Crippen LogP contribution in [0.5, 0.6) is 0 Å². The van der Waals surface area contributed by atoms with Crippen LogP contribution in [0.4, 0.5) is 0 Å². The van der Waals surface area contributed by atoms with Gasteiger partial charge in [0.05, 0.1) is 16.1 Å². The van der Waals surface area contributed by atoms with Gasteiger partial charge in [-0.25, -0.2) is 4.98 Å². The Labute approximate surface area is 158 Å². The first-order valence-corrected chi connectivity index (χ1v) is 8.73. The fraction of sp³-hybridized carbons (Fsp3) is 0.143. The smallest absolute Gasteiger partial charge is 0.243 e. The van der Waals surface area contributed by atoms with Crippen LogP contribution in [0.1, 0.15) is 0 Å². The van der Waals surface area contributed by atoms with Gasteiger partial charge in [-0.3, -0.25) is 4.79 Å². The highest BCUT2D eigenvalue weighted by Gasteiger charge is 2.19. The van der Waals surface area contributed by atoms with E-state index >= 15 is 0 Å². The zero-order chi connectivity index (χ0) is 18.5. The second-order valence-corrected chi connectivity index (χ2v) is 6.27. The second kappa shape index (κ2) is 8.02. The highest BCUT2D eigenvalue weighted by molar-refractivity contribution is 6.33. The van der Waals surface area contributed by atoms with Crippen LogP contribution in [-0.4, -0.2) is 33.4 Å². The number of benzene rings is 2. The minimum Gasteiger partial charge on any atom is -0.334 e. The number of hydrogen-bond acceptors (Lipinski definition) is 2. The fourth-order valence-corrected chi connectivity index (χ4v) is 3.13. The van der Waals surface area contributed by atoms with Crippen molar-refractivity contribution < 1.29 is 4.79 Å². The number of hydrogen-bond donors (Lipinski definition) is 0. The molecule has 0 N–H and O–H groups in total. The van der Waals surface area contributed by atoms with E-state index in [-0.39, 0.29) is 12.5 Å². The molecule has 1 amide bonds. The minimum absolute atomic E-state index is 0.0266. The first kappa shape index (κ1) is 18.0. The highest BCUT2D eigenvalue weighted by atomic mass is 35.5. The maximum absolute atomic E-state index is 12.9. The Bertz CT molecular complexity index is 951. The summed E-state index contributed by atoms with van der Waals surface area (Å²) < 4.78 is 1.91. The fourth-order valence-electron chi connectivity index (χ4n) is 2.91. The third kappa shape index (κ3) is 3.55. The number of amides is 1. The third-order valence-corrected chi connectivity index (χ3v) is 4.44. The number of halogens is 1. The van der Waals surface area contributed by atoms with Gasteiger partial charge in [0.25, 0.3) is 0 Å². The van der Waals surface area contributed by atoms with E-state index in [2.05, 4.69) is 13.2 Å². The SMILES string of the molecule is C=CCN(CC=C)C(=O)Cn1c(-c2ccccc2Cl)nc2ccccc21. The molecule has 0 unspecified atom stereocenters. The Morgan fingerprint density at radius 3 is 2.42 bits per heavy atom. The maximum atomic E-state index is 12.9. The molecule has 0 atom stereocenters. The molecule has 4 nitrogen and oxygen atoms in total. The molecule has 5 heteroatoms. The highest BCUT2D eigenvalue weighted by Crippen LogP contribution is 2.30. The van der Waals surface area contributed by atoms with Gasteiger partial charge in [0.15, 0.2) is 0 Å². The molecule has 0 fully saturated rings. The predicted octanol–water partition coefficient (Wildman–Crippen LogP) is 4.56. The zero-order valence-electron chi connectivity index (χ0n) is 14.4. The van der Waals surface area contributed by atoms with Crippen molar-refractivity contribution in [1.82, 2.24) is 14.5 Å². The average molecular weight is 366 g/mol. The average Bonchev–Trinajstić information content (AvgIpc) is 3.00. The summed E-state index contributed by atoms with van der Waals surface area (Å²) in [6, 6.07) is 15.3. The summed E-state index contributed by atoms with van der Waals surface area (Å²) in [7, 11) is 0. The van der Waals surface area contributed by atoms with Gasteiger partial charge in [-0.15, -0.1) is 13.2 Å². The number of rotatable bonds is 7. The number of para-hydroxylation sites is 2. The Balaban J connectivity index is 2.08. The predicted molar refractivity (Wildman–Crippen MR) is 107 cm³/mol. The largest absolute Gasteiger partial charge is 0.334 e. The van der Waals surface area contributed by atoms with E-state index in [1.165, 1.54) is 0 Å².